The fraction of sp³-hybridized carbons (Fsp3) is 0.143. The van der Waals surface area contributed by atoms with Crippen molar-refractivity contribution in [3.63, 3.8) is 0 Å². The molecular weight excluding hydrogens is 298 g/mol. The zero-order valence-corrected chi connectivity index (χ0v) is 12.7. The van der Waals surface area contributed by atoms with Crippen molar-refractivity contribution in [2.24, 2.45) is 0 Å². The minimum absolute atomic E-state index is 0.0828. The molecule has 0 saturated heterocycles. The minimum atomic E-state index is 0.0828. The predicted octanol–water partition coefficient (Wildman–Crippen LogP) is 4.43. The third kappa shape index (κ3) is 4.00. The molecular formula is C14H12ClNOS2. The highest BCUT2D eigenvalue weighted by atomic mass is 35.5. The third-order valence-electron chi connectivity index (χ3n) is 2.48. The molecule has 0 unspecified atom stereocenters. The molecule has 5 heteroatoms. The predicted molar refractivity (Wildman–Crippen MR) is 82.5 cm³/mol. The molecule has 1 aromatic heterocycles. The molecule has 1 heterocycles. The van der Waals surface area contributed by atoms with Crippen LogP contribution in [0.3, 0.4) is 0 Å². The van der Waals surface area contributed by atoms with Gasteiger partial charge in [0.05, 0.1) is 10.8 Å². The standard InChI is InChI=1S/C14H12ClNOS2/c1-18-11-6-4-10(5-7-11)13(17)9-19-14-12(15)3-2-8-16-14/h2-8H,9H2,1H3. The first-order valence-electron chi connectivity index (χ1n) is 5.61. The first kappa shape index (κ1) is 14.4. The summed E-state index contributed by atoms with van der Waals surface area (Å²) in [7, 11) is 0. The fourth-order valence-electron chi connectivity index (χ4n) is 1.47. The SMILES string of the molecule is CSc1ccc(C(=O)CSc2ncccc2Cl)cc1. The molecule has 2 aromatic rings. The number of carbonyl (C=O) groups excluding carboxylic acids is 1. The van der Waals surface area contributed by atoms with Crippen molar-refractivity contribution in [1.29, 1.82) is 0 Å². The summed E-state index contributed by atoms with van der Waals surface area (Å²) in [5, 5.41) is 1.27. The Morgan fingerprint density at radius 3 is 2.63 bits per heavy atom. The number of hydrogen-bond donors (Lipinski definition) is 0. The minimum Gasteiger partial charge on any atom is -0.293 e. The average Bonchev–Trinajstić information content (AvgIpc) is 2.46. The lowest BCUT2D eigenvalue weighted by Gasteiger charge is -2.03. The van der Waals surface area contributed by atoms with E-state index in [2.05, 4.69) is 4.98 Å². The van der Waals surface area contributed by atoms with Crippen LogP contribution in [-0.2, 0) is 0 Å². The van der Waals surface area contributed by atoms with Gasteiger partial charge in [-0.3, -0.25) is 4.79 Å². The summed E-state index contributed by atoms with van der Waals surface area (Å²) in [6, 6.07) is 11.2. The smallest absolute Gasteiger partial charge is 0.173 e. The van der Waals surface area contributed by atoms with Crippen LogP contribution in [0.1, 0.15) is 10.4 Å². The van der Waals surface area contributed by atoms with Gasteiger partial charge in [-0.05, 0) is 30.5 Å². The second-order valence-corrected chi connectivity index (χ2v) is 5.98. The van der Waals surface area contributed by atoms with Gasteiger partial charge >= 0.3 is 0 Å². The van der Waals surface area contributed by atoms with E-state index in [1.807, 2.05) is 30.5 Å². The number of hydrogen-bond acceptors (Lipinski definition) is 4. The van der Waals surface area contributed by atoms with E-state index in [0.29, 0.717) is 15.8 Å². The average molecular weight is 310 g/mol. The zero-order chi connectivity index (χ0) is 13.7. The number of rotatable bonds is 5. The molecule has 2 rings (SSSR count). The summed E-state index contributed by atoms with van der Waals surface area (Å²) in [4.78, 5) is 17.3. The van der Waals surface area contributed by atoms with Gasteiger partial charge in [0.25, 0.3) is 0 Å². The van der Waals surface area contributed by atoms with Crippen molar-refractivity contribution >= 4 is 40.9 Å². The highest BCUT2D eigenvalue weighted by Crippen LogP contribution is 2.25. The van der Waals surface area contributed by atoms with Crippen LogP contribution in [0.2, 0.25) is 5.02 Å². The largest absolute Gasteiger partial charge is 0.293 e. The maximum absolute atomic E-state index is 12.0. The Kier molecular flexibility index (Phi) is 5.31. The van der Waals surface area contributed by atoms with Gasteiger partial charge in [-0.2, -0.15) is 0 Å². The number of Topliss-reactive ketones (excluding diaryl/α,β-unsaturated/α-hetero) is 1. The topological polar surface area (TPSA) is 30.0 Å². The summed E-state index contributed by atoms with van der Waals surface area (Å²) >= 11 is 9.02. The number of aromatic nitrogens is 1. The molecule has 2 nitrogen and oxygen atoms in total. The highest BCUT2D eigenvalue weighted by molar-refractivity contribution is 8.00. The number of benzene rings is 1. The highest BCUT2D eigenvalue weighted by Gasteiger charge is 2.09. The van der Waals surface area contributed by atoms with Gasteiger partial charge < -0.3 is 0 Å². The number of ketones is 1. The molecule has 0 spiro atoms. The normalized spacial score (nSPS) is 10.4. The molecule has 0 aliphatic heterocycles. The van der Waals surface area contributed by atoms with Crippen LogP contribution in [0.25, 0.3) is 0 Å². The summed E-state index contributed by atoms with van der Waals surface area (Å²) in [6.07, 6.45) is 3.68. The number of thioether (sulfide) groups is 2. The van der Waals surface area contributed by atoms with Crippen molar-refractivity contribution in [3.8, 4) is 0 Å². The molecule has 0 aliphatic carbocycles. The molecule has 0 saturated carbocycles. The lowest BCUT2D eigenvalue weighted by atomic mass is 10.1. The molecule has 0 aliphatic rings. The van der Waals surface area contributed by atoms with Gasteiger partial charge in [0, 0.05) is 16.7 Å². The van der Waals surface area contributed by atoms with Crippen molar-refractivity contribution < 1.29 is 4.79 Å². The zero-order valence-electron chi connectivity index (χ0n) is 10.3. The van der Waals surface area contributed by atoms with Crippen molar-refractivity contribution in [1.82, 2.24) is 4.98 Å². The Morgan fingerprint density at radius 1 is 1.26 bits per heavy atom. The molecule has 0 amide bonds. The number of nitrogens with zero attached hydrogens (tertiary/aromatic N) is 1. The fourth-order valence-corrected chi connectivity index (χ4v) is 2.94. The lowest BCUT2D eigenvalue weighted by Crippen LogP contribution is -2.02. The van der Waals surface area contributed by atoms with E-state index in [4.69, 9.17) is 11.6 Å². The van der Waals surface area contributed by atoms with E-state index >= 15 is 0 Å². The molecule has 98 valence electrons. The Morgan fingerprint density at radius 2 is 2.00 bits per heavy atom. The summed E-state index contributed by atoms with van der Waals surface area (Å²) in [5.41, 5.74) is 0.720. The van der Waals surface area contributed by atoms with E-state index in [0.717, 1.165) is 10.5 Å². The van der Waals surface area contributed by atoms with Gasteiger partial charge in [-0.1, -0.05) is 35.5 Å². The second kappa shape index (κ2) is 6.98. The van der Waals surface area contributed by atoms with Crippen molar-refractivity contribution in [2.75, 3.05) is 12.0 Å². The first-order valence-corrected chi connectivity index (χ1v) is 8.20. The van der Waals surface area contributed by atoms with Gasteiger partial charge in [0.1, 0.15) is 5.03 Å². The van der Waals surface area contributed by atoms with E-state index < -0.39 is 0 Å². The number of carbonyl (C=O) groups is 1. The van der Waals surface area contributed by atoms with E-state index in [1.54, 1.807) is 30.1 Å². The van der Waals surface area contributed by atoms with E-state index in [9.17, 15) is 4.79 Å². The van der Waals surface area contributed by atoms with Crippen LogP contribution in [0, 0.1) is 0 Å². The van der Waals surface area contributed by atoms with Crippen LogP contribution in [0.5, 0.6) is 0 Å². The van der Waals surface area contributed by atoms with Gasteiger partial charge in [-0.15, -0.1) is 11.8 Å². The molecule has 0 radical (unpaired) electrons. The summed E-state index contributed by atoms with van der Waals surface area (Å²) in [6.45, 7) is 0. The van der Waals surface area contributed by atoms with Crippen LogP contribution in [0.4, 0.5) is 0 Å². The lowest BCUT2D eigenvalue weighted by molar-refractivity contribution is 0.102. The molecule has 0 atom stereocenters. The quantitative estimate of drug-likeness (QED) is 0.603. The van der Waals surface area contributed by atoms with Crippen LogP contribution in [-0.4, -0.2) is 22.8 Å². The Labute approximate surface area is 126 Å². The molecule has 0 fully saturated rings. The Hall–Kier alpha value is -0.970. The summed E-state index contributed by atoms with van der Waals surface area (Å²) < 4.78 is 0. The third-order valence-corrected chi connectivity index (χ3v) is 4.64. The maximum atomic E-state index is 12.0. The van der Waals surface area contributed by atoms with Gasteiger partial charge in [0.15, 0.2) is 5.78 Å². The maximum Gasteiger partial charge on any atom is 0.173 e. The summed E-state index contributed by atoms with van der Waals surface area (Å²) in [5.74, 6) is 0.425. The molecule has 0 N–H and O–H groups in total. The monoisotopic (exact) mass is 309 g/mol. The van der Waals surface area contributed by atoms with Crippen molar-refractivity contribution in [2.45, 2.75) is 9.92 Å². The van der Waals surface area contributed by atoms with Crippen molar-refractivity contribution in [3.05, 3.63) is 53.2 Å². The molecule has 0 bridgehead atoms. The van der Waals surface area contributed by atoms with Crippen LogP contribution in [0.15, 0.2) is 52.5 Å². The van der Waals surface area contributed by atoms with Crippen LogP contribution >= 0.6 is 35.1 Å². The van der Waals surface area contributed by atoms with Gasteiger partial charge in [0.2, 0.25) is 0 Å². The Bertz CT molecular complexity index is 572. The van der Waals surface area contributed by atoms with E-state index in [1.165, 1.54) is 11.8 Å². The second-order valence-electron chi connectivity index (χ2n) is 3.73. The first-order chi connectivity index (χ1) is 9.20. The molecule has 19 heavy (non-hydrogen) atoms. The molecule has 1 aromatic carbocycles. The number of pyridine rings is 1. The number of halogens is 1. The van der Waals surface area contributed by atoms with Gasteiger partial charge in [-0.25, -0.2) is 4.98 Å². The Balaban J connectivity index is 1.99. The van der Waals surface area contributed by atoms with Crippen LogP contribution < -0.4 is 0 Å². The van der Waals surface area contributed by atoms with E-state index in [-0.39, 0.29) is 5.78 Å².